The maximum atomic E-state index is 7.61. The van der Waals surface area contributed by atoms with Crippen LogP contribution in [0.15, 0.2) is 140 Å². The van der Waals surface area contributed by atoms with E-state index in [0.29, 0.717) is 35.5 Å². The summed E-state index contributed by atoms with van der Waals surface area (Å²) < 4.78 is 7.61. The number of benzene rings is 3. The molecule has 0 N–H and O–H groups in total. The van der Waals surface area contributed by atoms with Crippen LogP contribution in [0.3, 0.4) is 0 Å². The van der Waals surface area contributed by atoms with Gasteiger partial charge in [0.1, 0.15) is 0 Å². The van der Waals surface area contributed by atoms with E-state index < -0.39 is 8.32 Å². The Hall–Kier alpha value is -3.20. The lowest BCUT2D eigenvalue weighted by Gasteiger charge is -2.49. The van der Waals surface area contributed by atoms with Crippen molar-refractivity contribution in [3.63, 3.8) is 0 Å². The summed E-state index contributed by atoms with van der Waals surface area (Å²) in [6.45, 7) is 3.29. The minimum Gasteiger partial charge on any atom is -0.404 e. The first kappa shape index (κ1) is 28.6. The number of allylic oxidation sites excluding steroid dienone is 8. The Bertz CT molecular complexity index is 1330. The van der Waals surface area contributed by atoms with E-state index >= 15 is 0 Å². The van der Waals surface area contributed by atoms with Crippen LogP contribution in [0.1, 0.15) is 45.4 Å². The lowest BCUT2D eigenvalue weighted by molar-refractivity contribution is 0.00784. The van der Waals surface area contributed by atoms with Gasteiger partial charge in [-0.25, -0.2) is 0 Å². The Balaban J connectivity index is 1.28. The molecule has 0 heterocycles. The molecule has 0 amide bonds. The Kier molecular flexibility index (Phi) is 8.25. The monoisotopic (exact) mass is 582 g/mol. The fourth-order valence-electron chi connectivity index (χ4n) is 9.76. The second-order valence-corrected chi connectivity index (χ2v) is 16.7. The van der Waals surface area contributed by atoms with E-state index in [-0.39, 0.29) is 5.41 Å². The van der Waals surface area contributed by atoms with Gasteiger partial charge in [0, 0.05) is 6.61 Å². The molecule has 2 heteroatoms. The van der Waals surface area contributed by atoms with Crippen LogP contribution in [0.5, 0.6) is 0 Å². The third-order valence-electron chi connectivity index (χ3n) is 11.7. The van der Waals surface area contributed by atoms with Crippen LogP contribution in [-0.4, -0.2) is 14.9 Å². The summed E-state index contributed by atoms with van der Waals surface area (Å²) >= 11 is 0. The molecular formula is C41H46OSi. The van der Waals surface area contributed by atoms with Crippen molar-refractivity contribution in [3.8, 4) is 0 Å². The largest absolute Gasteiger partial charge is 0.404 e. The highest BCUT2D eigenvalue weighted by Crippen LogP contribution is 2.61. The van der Waals surface area contributed by atoms with Crippen molar-refractivity contribution < 1.29 is 4.43 Å². The second-order valence-electron chi connectivity index (χ2n) is 13.4. The Labute approximate surface area is 260 Å². The molecule has 7 rings (SSSR count). The van der Waals surface area contributed by atoms with Crippen molar-refractivity contribution in [1.82, 2.24) is 0 Å². The van der Waals surface area contributed by atoms with Crippen LogP contribution in [0.25, 0.3) is 0 Å². The molecule has 2 fully saturated rings. The van der Waals surface area contributed by atoms with Gasteiger partial charge in [-0.2, -0.15) is 0 Å². The highest BCUT2D eigenvalue weighted by atomic mass is 28.4. The van der Waals surface area contributed by atoms with Crippen LogP contribution < -0.4 is 15.6 Å². The van der Waals surface area contributed by atoms with E-state index in [1.807, 2.05) is 0 Å². The Morgan fingerprint density at radius 2 is 1.00 bits per heavy atom. The van der Waals surface area contributed by atoms with Crippen LogP contribution >= 0.6 is 0 Å². The normalized spacial score (nSPS) is 28.9. The smallest absolute Gasteiger partial charge is 0.288 e. The zero-order chi connectivity index (χ0) is 29.1. The number of hydrogen-bond acceptors (Lipinski definition) is 1. The minimum atomic E-state index is -2.73. The molecule has 2 saturated carbocycles. The molecule has 0 bridgehead atoms. The molecule has 3 aromatic carbocycles. The molecule has 0 radical (unpaired) electrons. The fraction of sp³-hybridized carbons (Fsp3) is 0.366. The van der Waals surface area contributed by atoms with Crippen LogP contribution in [-0.2, 0) is 4.43 Å². The van der Waals surface area contributed by atoms with Gasteiger partial charge in [0.2, 0.25) is 0 Å². The average Bonchev–Trinajstić information content (AvgIpc) is 3.72. The third kappa shape index (κ3) is 5.07. The first-order valence-electron chi connectivity index (χ1n) is 16.8. The van der Waals surface area contributed by atoms with E-state index in [9.17, 15) is 0 Å². The van der Waals surface area contributed by atoms with Gasteiger partial charge in [0.25, 0.3) is 8.32 Å². The quantitative estimate of drug-likeness (QED) is 0.174. The molecule has 6 atom stereocenters. The molecule has 43 heavy (non-hydrogen) atoms. The molecule has 0 spiro atoms. The second kappa shape index (κ2) is 12.4. The molecule has 0 aliphatic heterocycles. The van der Waals surface area contributed by atoms with Gasteiger partial charge in [-0.15, -0.1) is 0 Å². The zero-order valence-electron chi connectivity index (χ0n) is 25.6. The highest BCUT2D eigenvalue weighted by Gasteiger charge is 2.54. The highest BCUT2D eigenvalue weighted by molar-refractivity contribution is 7.07. The average molecular weight is 583 g/mol. The summed E-state index contributed by atoms with van der Waals surface area (Å²) in [4.78, 5) is 0. The van der Waals surface area contributed by atoms with Crippen molar-refractivity contribution in [2.45, 2.75) is 45.4 Å². The van der Waals surface area contributed by atoms with E-state index in [4.69, 9.17) is 4.43 Å². The van der Waals surface area contributed by atoms with E-state index in [1.165, 1.54) is 47.7 Å². The van der Waals surface area contributed by atoms with Crippen molar-refractivity contribution in [3.05, 3.63) is 140 Å². The summed E-state index contributed by atoms with van der Waals surface area (Å²) in [5, 5.41) is 3.99. The minimum absolute atomic E-state index is 0.258. The van der Waals surface area contributed by atoms with Gasteiger partial charge in [-0.1, -0.05) is 147 Å². The zero-order valence-corrected chi connectivity index (χ0v) is 26.6. The van der Waals surface area contributed by atoms with Gasteiger partial charge < -0.3 is 4.43 Å². The molecular weight excluding hydrogens is 537 g/mol. The first-order valence-corrected chi connectivity index (χ1v) is 18.7. The maximum absolute atomic E-state index is 7.61. The topological polar surface area (TPSA) is 9.23 Å². The number of rotatable bonds is 10. The standard InChI is InChI=1S/C41H46OSi/c1-2-41(39-28-26-32-16-12-14-24-37(32)39,40-29-27-33-17-13-15-25-38(33)40)30-31-42-43(34-18-6-3-7-19-34,35-20-8-4-9-21-35)36-22-10-5-11-23-36/h3-25,32-33,37-40H,2,26-31H2,1H3. The molecule has 0 aromatic heterocycles. The molecule has 220 valence electrons. The molecule has 4 aliphatic carbocycles. The van der Waals surface area contributed by atoms with Gasteiger partial charge in [0.05, 0.1) is 0 Å². The SMILES string of the molecule is CCC(CCO[Si](c1ccccc1)(c1ccccc1)c1ccccc1)(C1CCC2C=CC=CC21)C1CCC2C=CC=CC21. The van der Waals surface area contributed by atoms with Crippen molar-refractivity contribution >= 4 is 23.9 Å². The van der Waals surface area contributed by atoms with Crippen LogP contribution in [0, 0.1) is 40.9 Å². The number of hydrogen-bond donors (Lipinski definition) is 0. The van der Waals surface area contributed by atoms with Crippen molar-refractivity contribution in [2.75, 3.05) is 6.61 Å². The first-order chi connectivity index (χ1) is 21.3. The van der Waals surface area contributed by atoms with Gasteiger partial charge >= 0.3 is 0 Å². The Morgan fingerprint density at radius 1 is 0.581 bits per heavy atom. The third-order valence-corrected chi connectivity index (χ3v) is 15.8. The predicted molar refractivity (Wildman–Crippen MR) is 183 cm³/mol. The van der Waals surface area contributed by atoms with Crippen LogP contribution in [0.2, 0.25) is 0 Å². The molecule has 1 nitrogen and oxygen atoms in total. The predicted octanol–water partition coefficient (Wildman–Crippen LogP) is 7.99. The molecule has 6 unspecified atom stereocenters. The molecule has 4 aliphatic rings. The summed E-state index contributed by atoms with van der Waals surface area (Å²) in [5.41, 5.74) is 0.258. The lowest BCUT2D eigenvalue weighted by Crippen LogP contribution is -2.69. The van der Waals surface area contributed by atoms with E-state index in [2.05, 4.69) is 147 Å². The van der Waals surface area contributed by atoms with E-state index in [1.54, 1.807) is 0 Å². The summed E-state index contributed by atoms with van der Waals surface area (Å²) in [5.74, 6) is 4.13. The maximum Gasteiger partial charge on any atom is 0.288 e. The molecule has 0 saturated heterocycles. The summed E-state index contributed by atoms with van der Waals surface area (Å²) in [6, 6.07) is 33.3. The Morgan fingerprint density at radius 3 is 1.42 bits per heavy atom. The van der Waals surface area contributed by atoms with Crippen LogP contribution in [0.4, 0.5) is 0 Å². The van der Waals surface area contributed by atoms with Gasteiger partial charge in [0.15, 0.2) is 0 Å². The summed E-state index contributed by atoms with van der Waals surface area (Å²) in [6.07, 6.45) is 27.0. The van der Waals surface area contributed by atoms with Crippen molar-refractivity contribution in [2.24, 2.45) is 40.9 Å². The van der Waals surface area contributed by atoms with Crippen molar-refractivity contribution in [1.29, 1.82) is 0 Å². The number of fused-ring (bicyclic) bond motifs is 2. The lowest BCUT2D eigenvalue weighted by atomic mass is 9.56. The van der Waals surface area contributed by atoms with E-state index in [0.717, 1.165) is 13.0 Å². The molecule has 3 aromatic rings. The summed E-state index contributed by atoms with van der Waals surface area (Å²) in [7, 11) is -2.73. The van der Waals surface area contributed by atoms with Gasteiger partial charge in [-0.05, 0) is 95.0 Å². The fourth-order valence-corrected chi connectivity index (χ4v) is 13.7. The van der Waals surface area contributed by atoms with Gasteiger partial charge in [-0.3, -0.25) is 0 Å².